The minimum Gasteiger partial charge on any atom is -0.462 e. The number of esters is 1. The van der Waals surface area contributed by atoms with Gasteiger partial charge in [-0.1, -0.05) is 60.8 Å². The van der Waals surface area contributed by atoms with Crippen molar-refractivity contribution in [3.63, 3.8) is 0 Å². The van der Waals surface area contributed by atoms with Crippen LogP contribution in [0.25, 0.3) is 0 Å². The normalized spacial score (nSPS) is 41.9. The molecule has 0 spiro atoms. The molecular weight excluding hydrogens is 412 g/mol. The molecule has 0 unspecified atom stereocenters. The fraction of sp³-hybridized carbons (Fsp3) is 0.828. The number of ether oxygens (including phenoxy) is 1. The van der Waals surface area contributed by atoms with E-state index < -0.39 is 5.41 Å². The third kappa shape index (κ3) is 3.65. The predicted molar refractivity (Wildman–Crippen MR) is 129 cm³/mol. The van der Waals surface area contributed by atoms with Crippen molar-refractivity contribution in [3.05, 3.63) is 11.1 Å². The standard InChI is InChI=1S/C29H44O4/c1-17(2)9-8-10-18(3)20-11-14-28(6)26-22(30)15-21-19(4)33-24(32)12-13-27(21,5)25(26)23(31)16-29(20,28)7/h17-21H,8-16H2,1-7H3/t18-,19+,20-,21+,27+,28+,29-/m1/s1. The van der Waals surface area contributed by atoms with Crippen LogP contribution in [-0.2, 0) is 19.1 Å². The third-order valence-electron chi connectivity index (χ3n) is 10.6. The average molecular weight is 457 g/mol. The van der Waals surface area contributed by atoms with Gasteiger partial charge in [0.15, 0.2) is 11.6 Å². The Kier molecular flexibility index (Phi) is 6.24. The van der Waals surface area contributed by atoms with E-state index >= 15 is 0 Å². The molecule has 3 aliphatic carbocycles. The Labute approximate surface area is 200 Å². The maximum Gasteiger partial charge on any atom is 0.306 e. The molecule has 4 nitrogen and oxygen atoms in total. The van der Waals surface area contributed by atoms with Crippen LogP contribution in [0.5, 0.6) is 0 Å². The molecule has 4 heteroatoms. The van der Waals surface area contributed by atoms with Gasteiger partial charge in [-0.2, -0.15) is 0 Å². The first kappa shape index (κ1) is 24.7. The Morgan fingerprint density at radius 2 is 1.67 bits per heavy atom. The summed E-state index contributed by atoms with van der Waals surface area (Å²) in [7, 11) is 0. The minimum atomic E-state index is -0.461. The van der Waals surface area contributed by atoms with Gasteiger partial charge in [0.1, 0.15) is 6.10 Å². The maximum absolute atomic E-state index is 14.0. The summed E-state index contributed by atoms with van der Waals surface area (Å²) in [6.45, 7) is 15.5. The van der Waals surface area contributed by atoms with Crippen molar-refractivity contribution in [2.45, 2.75) is 112 Å². The molecule has 1 heterocycles. The molecule has 0 aromatic heterocycles. The summed E-state index contributed by atoms with van der Waals surface area (Å²) in [4.78, 5) is 40.0. The lowest BCUT2D eigenvalue weighted by Gasteiger charge is -2.55. The summed E-state index contributed by atoms with van der Waals surface area (Å²) >= 11 is 0. The topological polar surface area (TPSA) is 60.4 Å². The molecule has 184 valence electrons. The highest BCUT2D eigenvalue weighted by Gasteiger charge is 2.66. The summed E-state index contributed by atoms with van der Waals surface area (Å²) < 4.78 is 5.62. The van der Waals surface area contributed by atoms with E-state index in [1.54, 1.807) is 0 Å². The Hall–Kier alpha value is -1.45. The number of Topliss-reactive ketones (excluding diaryl/α,β-unsaturated/α-hetero) is 2. The highest BCUT2D eigenvalue weighted by atomic mass is 16.5. The number of allylic oxidation sites excluding steroid dienone is 2. The van der Waals surface area contributed by atoms with Gasteiger partial charge in [0, 0.05) is 47.2 Å². The molecule has 7 atom stereocenters. The second kappa shape index (κ2) is 8.34. The van der Waals surface area contributed by atoms with E-state index in [2.05, 4.69) is 41.5 Å². The second-order valence-corrected chi connectivity index (χ2v) is 12.9. The molecule has 4 aliphatic rings. The largest absolute Gasteiger partial charge is 0.462 e. The number of carbonyl (C=O) groups excluding carboxylic acids is 3. The number of hydrogen-bond acceptors (Lipinski definition) is 4. The lowest BCUT2D eigenvalue weighted by Crippen LogP contribution is -2.54. The number of carbonyl (C=O) groups is 3. The van der Waals surface area contributed by atoms with E-state index in [0.717, 1.165) is 29.9 Å². The van der Waals surface area contributed by atoms with Crippen molar-refractivity contribution in [2.24, 2.45) is 39.9 Å². The minimum absolute atomic E-state index is 0.112. The van der Waals surface area contributed by atoms with Crippen molar-refractivity contribution in [1.29, 1.82) is 0 Å². The first-order valence-corrected chi connectivity index (χ1v) is 13.4. The first-order chi connectivity index (χ1) is 15.3. The number of rotatable bonds is 5. The summed E-state index contributed by atoms with van der Waals surface area (Å²) in [5.74, 6) is 1.71. The molecule has 0 aromatic carbocycles. The zero-order valence-electron chi connectivity index (χ0n) is 21.9. The van der Waals surface area contributed by atoms with Crippen LogP contribution in [-0.4, -0.2) is 23.6 Å². The quantitative estimate of drug-likeness (QED) is 0.445. The fourth-order valence-corrected chi connectivity index (χ4v) is 8.46. The van der Waals surface area contributed by atoms with Crippen molar-refractivity contribution >= 4 is 17.5 Å². The molecule has 0 amide bonds. The maximum atomic E-state index is 14.0. The molecule has 0 radical (unpaired) electrons. The zero-order valence-corrected chi connectivity index (χ0v) is 21.9. The number of fused-ring (bicyclic) bond motifs is 4. The molecule has 0 bridgehead atoms. The SMILES string of the molecule is CC(C)CCC[C@@H](C)[C@H]1CC[C@@]2(C)C3=C(C(=O)C[C@]12C)[C@@]1(C)CCC(=O)O[C@@H](C)[C@@H]1CC3=O. The van der Waals surface area contributed by atoms with Gasteiger partial charge in [0.05, 0.1) is 0 Å². The molecule has 2 fully saturated rings. The molecule has 1 aliphatic heterocycles. The van der Waals surface area contributed by atoms with E-state index in [9.17, 15) is 14.4 Å². The highest BCUT2D eigenvalue weighted by molar-refractivity contribution is 6.11. The van der Waals surface area contributed by atoms with Crippen molar-refractivity contribution in [2.75, 3.05) is 0 Å². The van der Waals surface area contributed by atoms with Gasteiger partial charge in [-0.3, -0.25) is 14.4 Å². The van der Waals surface area contributed by atoms with E-state index in [1.807, 2.05) is 6.92 Å². The number of cyclic esters (lactones) is 1. The number of hydrogen-bond donors (Lipinski definition) is 0. The summed E-state index contributed by atoms with van der Waals surface area (Å²) in [6.07, 6.45) is 7.23. The lowest BCUT2D eigenvalue weighted by molar-refractivity contribution is -0.150. The summed E-state index contributed by atoms with van der Waals surface area (Å²) in [5.41, 5.74) is 0.692. The van der Waals surface area contributed by atoms with Gasteiger partial charge in [-0.05, 0) is 49.4 Å². The van der Waals surface area contributed by atoms with Crippen LogP contribution in [0.3, 0.4) is 0 Å². The lowest BCUT2D eigenvalue weighted by atomic mass is 9.46. The van der Waals surface area contributed by atoms with Gasteiger partial charge in [0.25, 0.3) is 0 Å². The van der Waals surface area contributed by atoms with Gasteiger partial charge in [-0.15, -0.1) is 0 Å². The van der Waals surface area contributed by atoms with Crippen LogP contribution in [0, 0.1) is 39.9 Å². The van der Waals surface area contributed by atoms with E-state index in [0.29, 0.717) is 37.5 Å². The molecule has 0 aromatic rings. The van der Waals surface area contributed by atoms with Crippen LogP contribution >= 0.6 is 0 Å². The fourth-order valence-electron chi connectivity index (χ4n) is 8.46. The first-order valence-electron chi connectivity index (χ1n) is 13.4. The van der Waals surface area contributed by atoms with E-state index in [-0.39, 0.29) is 40.4 Å². The molecule has 1 saturated carbocycles. The number of ketones is 2. The molecule has 4 rings (SSSR count). The average Bonchev–Trinajstić information content (AvgIpc) is 2.92. The van der Waals surface area contributed by atoms with Crippen molar-refractivity contribution in [3.8, 4) is 0 Å². The molecular formula is C29H44O4. The van der Waals surface area contributed by atoms with Crippen molar-refractivity contribution in [1.82, 2.24) is 0 Å². The monoisotopic (exact) mass is 456 g/mol. The van der Waals surface area contributed by atoms with Gasteiger partial charge < -0.3 is 4.74 Å². The molecule has 0 N–H and O–H groups in total. The van der Waals surface area contributed by atoms with Crippen LogP contribution in [0.15, 0.2) is 11.1 Å². The smallest absolute Gasteiger partial charge is 0.306 e. The second-order valence-electron chi connectivity index (χ2n) is 12.9. The van der Waals surface area contributed by atoms with Crippen LogP contribution in [0.1, 0.15) is 106 Å². The molecule has 33 heavy (non-hydrogen) atoms. The summed E-state index contributed by atoms with van der Waals surface area (Å²) in [5, 5.41) is 0. The van der Waals surface area contributed by atoms with Crippen LogP contribution < -0.4 is 0 Å². The Bertz CT molecular complexity index is 884. The van der Waals surface area contributed by atoms with Gasteiger partial charge in [0.2, 0.25) is 0 Å². The third-order valence-corrected chi connectivity index (χ3v) is 10.6. The zero-order chi connectivity index (χ0) is 24.3. The summed E-state index contributed by atoms with van der Waals surface area (Å²) in [6, 6.07) is 0. The Morgan fingerprint density at radius 3 is 2.33 bits per heavy atom. The van der Waals surface area contributed by atoms with Gasteiger partial charge >= 0.3 is 5.97 Å². The highest BCUT2D eigenvalue weighted by Crippen LogP contribution is 2.69. The Balaban J connectivity index is 1.74. The predicted octanol–water partition coefficient (Wildman–Crippen LogP) is 6.46. The van der Waals surface area contributed by atoms with Crippen LogP contribution in [0.4, 0.5) is 0 Å². The van der Waals surface area contributed by atoms with E-state index in [1.165, 1.54) is 19.3 Å². The van der Waals surface area contributed by atoms with Crippen molar-refractivity contribution < 1.29 is 19.1 Å². The van der Waals surface area contributed by atoms with Crippen LogP contribution in [0.2, 0.25) is 0 Å². The molecule has 1 saturated heterocycles. The van der Waals surface area contributed by atoms with E-state index in [4.69, 9.17) is 4.74 Å². The van der Waals surface area contributed by atoms with Gasteiger partial charge in [-0.25, -0.2) is 0 Å². The Morgan fingerprint density at radius 1 is 0.970 bits per heavy atom.